The summed E-state index contributed by atoms with van der Waals surface area (Å²) >= 11 is 2.83. The first-order valence-electron chi connectivity index (χ1n) is 11.4. The van der Waals surface area contributed by atoms with Crippen LogP contribution in [0.25, 0.3) is 0 Å². The van der Waals surface area contributed by atoms with E-state index in [2.05, 4.69) is 11.4 Å². The maximum atomic E-state index is 13.8. The van der Waals surface area contributed by atoms with Crippen molar-refractivity contribution in [3.8, 4) is 11.8 Å². The van der Waals surface area contributed by atoms with Crippen molar-refractivity contribution >= 4 is 51.7 Å². The van der Waals surface area contributed by atoms with Crippen LogP contribution in [0, 0.1) is 11.3 Å². The van der Waals surface area contributed by atoms with E-state index in [1.807, 2.05) is 61.3 Å². The van der Waals surface area contributed by atoms with Crippen LogP contribution < -0.4 is 10.2 Å². The van der Waals surface area contributed by atoms with Gasteiger partial charge in [-0.1, -0.05) is 42.1 Å². The number of thioether (sulfide) groups is 2. The number of carbonyl (C=O) groups is 1. The van der Waals surface area contributed by atoms with Crippen molar-refractivity contribution in [1.82, 2.24) is 4.90 Å². The van der Waals surface area contributed by atoms with Gasteiger partial charge in [0.25, 0.3) is 5.91 Å². The molecule has 0 aromatic heterocycles. The average Bonchev–Trinajstić information content (AvgIpc) is 3.37. The minimum Gasteiger partial charge on any atom is -0.508 e. The number of aromatic hydroxyl groups is 1. The minimum absolute atomic E-state index is 0.129. The Morgan fingerprint density at radius 2 is 1.89 bits per heavy atom. The molecule has 5 rings (SSSR count). The standard InChI is InChI=1S/C27H23N5O2S2/c1-3-29-20-11-9-18(15-28)13-21(20)30-27-32(16-17-7-5-4-6-8-17)25(34)24(36-27)26-31(2)22-14-19(33)10-12-23(22)35-26/h4-14,29,33H,3,16H2,1-2H3/b26-24-,30-27-. The highest BCUT2D eigenvalue weighted by Crippen LogP contribution is 2.51. The number of nitrogens with one attached hydrogen (secondary N) is 1. The van der Waals surface area contributed by atoms with E-state index in [0.717, 1.165) is 26.9 Å². The Morgan fingerprint density at radius 1 is 1.08 bits per heavy atom. The van der Waals surface area contributed by atoms with Gasteiger partial charge in [0, 0.05) is 24.6 Å². The number of aliphatic imine (C=N–C) groups is 1. The Balaban J connectivity index is 1.59. The SMILES string of the molecule is CCNc1ccc(C#N)cc1/N=C1\S/C(=C2\Sc3ccc(O)cc3N2C)C(=O)N1Cc1ccccc1. The normalized spacial score (nSPS) is 18.0. The second-order valence-electron chi connectivity index (χ2n) is 8.19. The molecule has 0 saturated carbocycles. The number of hydrogen-bond donors (Lipinski definition) is 2. The second-order valence-corrected chi connectivity index (χ2v) is 10.2. The van der Waals surface area contributed by atoms with Crippen molar-refractivity contribution in [3.63, 3.8) is 0 Å². The molecule has 9 heteroatoms. The van der Waals surface area contributed by atoms with Gasteiger partial charge in [0.1, 0.15) is 10.7 Å². The van der Waals surface area contributed by atoms with Crippen LogP contribution >= 0.6 is 23.5 Å². The van der Waals surface area contributed by atoms with Crippen molar-refractivity contribution in [2.75, 3.05) is 23.8 Å². The van der Waals surface area contributed by atoms with E-state index in [-0.39, 0.29) is 11.7 Å². The summed E-state index contributed by atoms with van der Waals surface area (Å²) in [6.45, 7) is 3.07. The molecule has 0 aliphatic carbocycles. The lowest BCUT2D eigenvalue weighted by Gasteiger charge is -2.17. The van der Waals surface area contributed by atoms with Crippen molar-refractivity contribution in [1.29, 1.82) is 5.26 Å². The third-order valence-electron chi connectivity index (χ3n) is 5.77. The fourth-order valence-corrected chi connectivity index (χ4v) is 6.31. The predicted molar refractivity (Wildman–Crippen MR) is 146 cm³/mol. The number of amides is 1. The number of benzene rings is 3. The highest BCUT2D eigenvalue weighted by molar-refractivity contribution is 8.19. The molecule has 1 fully saturated rings. The topological polar surface area (TPSA) is 92.0 Å². The zero-order valence-electron chi connectivity index (χ0n) is 19.7. The second kappa shape index (κ2) is 10.0. The molecule has 0 spiro atoms. The number of nitrogens with zero attached hydrogens (tertiary/aromatic N) is 4. The summed E-state index contributed by atoms with van der Waals surface area (Å²) in [6.07, 6.45) is 0. The summed E-state index contributed by atoms with van der Waals surface area (Å²) < 4.78 is 0. The summed E-state index contributed by atoms with van der Waals surface area (Å²) in [7, 11) is 1.89. The highest BCUT2D eigenvalue weighted by atomic mass is 32.2. The molecule has 2 heterocycles. The smallest absolute Gasteiger partial charge is 0.269 e. The number of nitriles is 1. The van der Waals surface area contributed by atoms with Crippen molar-refractivity contribution in [2.24, 2.45) is 4.99 Å². The molecular weight excluding hydrogens is 490 g/mol. The van der Waals surface area contributed by atoms with Gasteiger partial charge in [-0.3, -0.25) is 9.69 Å². The molecule has 36 heavy (non-hydrogen) atoms. The molecule has 0 unspecified atom stereocenters. The first-order chi connectivity index (χ1) is 17.5. The number of phenolic OH excluding ortho intramolecular Hbond substituents is 1. The number of anilines is 2. The van der Waals surface area contributed by atoms with Gasteiger partial charge in [-0.25, -0.2) is 4.99 Å². The summed E-state index contributed by atoms with van der Waals surface area (Å²) in [5.41, 5.74) is 3.75. The van der Waals surface area contributed by atoms with Gasteiger partial charge in [0.15, 0.2) is 5.17 Å². The zero-order chi connectivity index (χ0) is 25.2. The number of amidine groups is 1. The number of rotatable bonds is 5. The zero-order valence-corrected chi connectivity index (χ0v) is 21.4. The van der Waals surface area contributed by atoms with Gasteiger partial charge in [-0.2, -0.15) is 5.26 Å². The number of carbonyl (C=O) groups excluding carboxylic acids is 1. The van der Waals surface area contributed by atoms with Crippen LogP contribution in [0.1, 0.15) is 18.1 Å². The molecule has 2 N–H and O–H groups in total. The van der Waals surface area contributed by atoms with Gasteiger partial charge in [-0.05, 0) is 54.6 Å². The predicted octanol–water partition coefficient (Wildman–Crippen LogP) is 5.87. The monoisotopic (exact) mass is 513 g/mol. The van der Waals surface area contributed by atoms with E-state index >= 15 is 0 Å². The molecule has 0 bridgehead atoms. The summed E-state index contributed by atoms with van der Waals surface area (Å²) in [6, 6.07) is 22.5. The van der Waals surface area contributed by atoms with Gasteiger partial charge in [0.05, 0.1) is 40.3 Å². The first kappa shape index (κ1) is 23.9. The molecule has 1 saturated heterocycles. The molecule has 2 aliphatic rings. The van der Waals surface area contributed by atoms with Gasteiger partial charge in [-0.15, -0.1) is 0 Å². The Bertz CT molecular complexity index is 1450. The molecule has 3 aromatic rings. The van der Waals surface area contributed by atoms with E-state index in [0.29, 0.717) is 34.4 Å². The fourth-order valence-electron chi connectivity index (χ4n) is 3.99. The molecule has 2 aliphatic heterocycles. The van der Waals surface area contributed by atoms with Crippen LogP contribution in [0.3, 0.4) is 0 Å². The number of fused-ring (bicyclic) bond motifs is 1. The quantitative estimate of drug-likeness (QED) is 0.412. The van der Waals surface area contributed by atoms with Crippen LogP contribution in [-0.2, 0) is 11.3 Å². The van der Waals surface area contributed by atoms with E-state index in [9.17, 15) is 15.2 Å². The summed E-state index contributed by atoms with van der Waals surface area (Å²) in [5, 5.41) is 24.0. The largest absolute Gasteiger partial charge is 0.508 e. The highest BCUT2D eigenvalue weighted by Gasteiger charge is 2.39. The van der Waals surface area contributed by atoms with Crippen LogP contribution in [0.4, 0.5) is 17.1 Å². The van der Waals surface area contributed by atoms with Gasteiger partial charge >= 0.3 is 0 Å². The van der Waals surface area contributed by atoms with Gasteiger partial charge < -0.3 is 15.3 Å². The Morgan fingerprint density at radius 3 is 2.64 bits per heavy atom. The molecule has 7 nitrogen and oxygen atoms in total. The van der Waals surface area contributed by atoms with Crippen LogP contribution in [0.5, 0.6) is 5.75 Å². The average molecular weight is 514 g/mol. The third-order valence-corrected chi connectivity index (χ3v) is 8.20. The third kappa shape index (κ3) is 4.53. The first-order valence-corrected chi connectivity index (χ1v) is 13.0. The molecule has 3 aromatic carbocycles. The van der Waals surface area contributed by atoms with E-state index < -0.39 is 0 Å². The number of hydrogen-bond acceptors (Lipinski definition) is 8. The summed E-state index contributed by atoms with van der Waals surface area (Å²) in [4.78, 5) is 23.9. The van der Waals surface area contributed by atoms with Crippen LogP contribution in [0.2, 0.25) is 0 Å². The minimum atomic E-state index is -0.129. The maximum absolute atomic E-state index is 13.8. The fraction of sp³-hybridized carbons (Fsp3) is 0.148. The summed E-state index contributed by atoms with van der Waals surface area (Å²) in [5.74, 6) is 0.0505. The number of phenols is 1. The van der Waals surface area contributed by atoms with Crippen LogP contribution in [-0.4, -0.2) is 34.7 Å². The van der Waals surface area contributed by atoms with E-state index in [4.69, 9.17) is 4.99 Å². The Kier molecular flexibility index (Phi) is 6.63. The molecule has 0 atom stereocenters. The van der Waals surface area contributed by atoms with E-state index in [1.54, 1.807) is 29.2 Å². The van der Waals surface area contributed by atoms with E-state index in [1.165, 1.54) is 23.5 Å². The van der Waals surface area contributed by atoms with Crippen molar-refractivity contribution in [3.05, 3.63) is 87.8 Å². The lowest BCUT2D eigenvalue weighted by Crippen LogP contribution is -2.29. The Hall–Kier alpha value is -3.87. The lowest BCUT2D eigenvalue weighted by atomic mass is 10.2. The molecule has 0 radical (unpaired) electrons. The van der Waals surface area contributed by atoms with Crippen LogP contribution in [0.15, 0.2) is 86.6 Å². The Labute approximate surface area is 218 Å². The lowest BCUT2D eigenvalue weighted by molar-refractivity contribution is -0.122. The van der Waals surface area contributed by atoms with Crippen molar-refractivity contribution < 1.29 is 9.90 Å². The maximum Gasteiger partial charge on any atom is 0.269 e. The van der Waals surface area contributed by atoms with Crippen molar-refractivity contribution in [2.45, 2.75) is 18.4 Å². The molecular formula is C27H23N5O2S2. The van der Waals surface area contributed by atoms with Gasteiger partial charge in [0.2, 0.25) is 0 Å². The molecule has 180 valence electrons. The molecule has 1 amide bonds.